The first-order valence-corrected chi connectivity index (χ1v) is 15.0. The monoisotopic (exact) mass is 787 g/mol. The molecule has 0 aliphatic rings. The molecule has 0 bridgehead atoms. The lowest BCUT2D eigenvalue weighted by molar-refractivity contribution is 0.0731. The molecule has 0 aromatic heterocycles. The Morgan fingerprint density at radius 2 is 1.39 bits per heavy atom. The maximum Gasteiger partial charge on any atom is 0.343 e. The largest absolute Gasteiger partial charge is 0.493 e. The number of nitrogens with zero attached hydrogens (tertiary/aromatic N) is 1. The Balaban J connectivity index is 1.50. The van der Waals surface area contributed by atoms with Gasteiger partial charge in [0.05, 0.1) is 37.6 Å². The lowest BCUT2D eigenvalue weighted by Gasteiger charge is -2.15. The number of hydrogen-bond acceptors (Lipinski definition) is 8. The zero-order chi connectivity index (χ0) is 31.8. The normalized spacial score (nSPS) is 10.7. The van der Waals surface area contributed by atoms with Crippen molar-refractivity contribution in [3.8, 4) is 23.0 Å². The molecule has 0 aliphatic heterocycles. The maximum atomic E-state index is 13.2. The first-order chi connectivity index (χ1) is 21.1. The number of carbonyl (C=O) groups excluding carboxylic acids is 3. The molecular weight excluding hydrogens is 766 g/mol. The van der Waals surface area contributed by atoms with E-state index < -0.39 is 11.9 Å². The summed E-state index contributed by atoms with van der Waals surface area (Å²) in [4.78, 5) is 38.6. The van der Waals surface area contributed by atoms with Crippen molar-refractivity contribution in [2.75, 3.05) is 26.6 Å². The lowest BCUT2D eigenvalue weighted by Crippen LogP contribution is -2.18. The Labute approximate surface area is 278 Å². The van der Waals surface area contributed by atoms with E-state index in [1.165, 1.54) is 45.7 Å². The van der Waals surface area contributed by atoms with E-state index in [2.05, 4.69) is 63.6 Å². The van der Waals surface area contributed by atoms with Gasteiger partial charge in [0, 0.05) is 31.3 Å². The van der Waals surface area contributed by atoms with Crippen LogP contribution in [0.25, 0.3) is 0 Å². The molecule has 44 heavy (non-hydrogen) atoms. The summed E-state index contributed by atoms with van der Waals surface area (Å²) >= 11 is 10.2. The van der Waals surface area contributed by atoms with Crippen LogP contribution in [0.5, 0.6) is 23.0 Å². The summed E-state index contributed by atoms with van der Waals surface area (Å²) in [6, 6.07) is 19.6. The topological polar surface area (TPSA) is 125 Å². The molecule has 4 rings (SSSR count). The highest BCUT2D eigenvalue weighted by Gasteiger charge is 2.21. The number of methoxy groups -OCH3 is 3. The van der Waals surface area contributed by atoms with E-state index in [0.29, 0.717) is 31.5 Å². The summed E-state index contributed by atoms with van der Waals surface area (Å²) in [7, 11) is 4.34. The fourth-order valence-corrected chi connectivity index (χ4v) is 5.51. The van der Waals surface area contributed by atoms with Crippen LogP contribution >= 0.6 is 47.8 Å². The molecule has 0 aliphatic carbocycles. The summed E-state index contributed by atoms with van der Waals surface area (Å²) in [5, 5.41) is 6.83. The second-order valence-electron chi connectivity index (χ2n) is 8.85. The number of benzene rings is 4. The van der Waals surface area contributed by atoms with Gasteiger partial charge in [0.1, 0.15) is 0 Å². The van der Waals surface area contributed by atoms with Crippen LogP contribution < -0.4 is 29.7 Å². The molecule has 10 nitrogen and oxygen atoms in total. The number of halogens is 3. The van der Waals surface area contributed by atoms with E-state index in [9.17, 15) is 14.4 Å². The highest BCUT2D eigenvalue weighted by Crippen LogP contribution is 2.39. The minimum Gasteiger partial charge on any atom is -0.493 e. The van der Waals surface area contributed by atoms with Crippen LogP contribution in [0.15, 0.2) is 91.3 Å². The first-order valence-electron chi connectivity index (χ1n) is 12.6. The van der Waals surface area contributed by atoms with Crippen LogP contribution in [0.3, 0.4) is 0 Å². The Kier molecular flexibility index (Phi) is 11.1. The van der Waals surface area contributed by atoms with E-state index >= 15 is 0 Å². The summed E-state index contributed by atoms with van der Waals surface area (Å²) in [5.41, 5.74) is 4.15. The van der Waals surface area contributed by atoms with Gasteiger partial charge in [0.25, 0.3) is 11.8 Å². The molecule has 0 heterocycles. The molecule has 0 saturated carbocycles. The minimum absolute atomic E-state index is 0.151. The number of hydrazone groups is 1. The van der Waals surface area contributed by atoms with E-state index in [-0.39, 0.29) is 34.3 Å². The Morgan fingerprint density at radius 3 is 2.02 bits per heavy atom. The van der Waals surface area contributed by atoms with Crippen LogP contribution in [0, 0.1) is 0 Å². The number of ether oxygens (including phenoxy) is 4. The molecule has 4 aromatic carbocycles. The van der Waals surface area contributed by atoms with Gasteiger partial charge in [-0.15, -0.1) is 0 Å². The quantitative estimate of drug-likeness (QED) is 0.0752. The van der Waals surface area contributed by atoms with Crippen molar-refractivity contribution in [1.82, 2.24) is 5.43 Å². The Hall–Kier alpha value is -4.20. The third-order valence-corrected chi connectivity index (χ3v) is 7.57. The van der Waals surface area contributed by atoms with Crippen molar-refractivity contribution in [3.63, 3.8) is 0 Å². The molecule has 2 amide bonds. The minimum atomic E-state index is -0.701. The molecule has 13 heteroatoms. The average molecular weight is 790 g/mol. The standard InChI is InChI=1S/C31H24Br3N3O7/c1-41-25-13-19(14-26(42-2)28(25)43-3)31(40)44-27-20(11-22(33)15-24(27)34)16-35-37-30(39)18-5-4-6-23(12-18)36-29(38)17-7-9-21(32)10-8-17/h4-16H,1-3H3,(H,36,38)(H,37,39). The fourth-order valence-electron chi connectivity index (χ4n) is 3.90. The zero-order valence-corrected chi connectivity index (χ0v) is 28.2. The van der Waals surface area contributed by atoms with Gasteiger partial charge in [-0.05, 0) is 82.7 Å². The number of anilines is 1. The van der Waals surface area contributed by atoms with Gasteiger partial charge in [-0.2, -0.15) is 5.10 Å². The molecule has 0 atom stereocenters. The van der Waals surface area contributed by atoms with Gasteiger partial charge in [-0.25, -0.2) is 10.2 Å². The Bertz CT molecular complexity index is 1720. The molecule has 0 saturated heterocycles. The van der Waals surface area contributed by atoms with Gasteiger partial charge in [-0.3, -0.25) is 9.59 Å². The number of hydrogen-bond donors (Lipinski definition) is 2. The number of esters is 1. The zero-order valence-electron chi connectivity index (χ0n) is 23.4. The van der Waals surface area contributed by atoms with Crippen molar-refractivity contribution >= 4 is 77.5 Å². The average Bonchev–Trinajstić information content (AvgIpc) is 3.02. The second-order valence-corrected chi connectivity index (χ2v) is 11.5. The highest BCUT2D eigenvalue weighted by atomic mass is 79.9. The second kappa shape index (κ2) is 15.0. The number of carbonyl (C=O) groups is 3. The van der Waals surface area contributed by atoms with Crippen molar-refractivity contribution in [2.45, 2.75) is 0 Å². The molecule has 2 N–H and O–H groups in total. The predicted molar refractivity (Wildman–Crippen MR) is 176 cm³/mol. The van der Waals surface area contributed by atoms with Gasteiger partial charge in [0.2, 0.25) is 5.75 Å². The van der Waals surface area contributed by atoms with Crippen LogP contribution in [-0.2, 0) is 0 Å². The molecule has 0 fully saturated rings. The Morgan fingerprint density at radius 1 is 0.705 bits per heavy atom. The van der Waals surface area contributed by atoms with E-state index in [4.69, 9.17) is 18.9 Å². The van der Waals surface area contributed by atoms with Gasteiger partial charge >= 0.3 is 5.97 Å². The predicted octanol–water partition coefficient (Wildman–Crippen LogP) is 7.24. The van der Waals surface area contributed by atoms with Crippen molar-refractivity contribution in [3.05, 3.63) is 108 Å². The van der Waals surface area contributed by atoms with Crippen LogP contribution in [0.1, 0.15) is 36.6 Å². The van der Waals surface area contributed by atoms with E-state index in [1.54, 1.807) is 54.6 Å². The summed E-state index contributed by atoms with van der Waals surface area (Å²) in [6.45, 7) is 0. The van der Waals surface area contributed by atoms with Gasteiger partial charge in [0.15, 0.2) is 17.2 Å². The SMILES string of the molecule is COc1cc(C(=O)Oc2c(Br)cc(Br)cc2C=NNC(=O)c2cccc(NC(=O)c3ccc(Br)cc3)c2)cc(OC)c1OC. The summed E-state index contributed by atoms with van der Waals surface area (Å²) in [6.07, 6.45) is 1.34. The molecule has 226 valence electrons. The highest BCUT2D eigenvalue weighted by molar-refractivity contribution is 9.11. The van der Waals surface area contributed by atoms with E-state index in [0.717, 1.165) is 4.47 Å². The first kappa shape index (κ1) is 32.7. The molecular formula is C31H24Br3N3O7. The molecule has 0 radical (unpaired) electrons. The fraction of sp³-hybridized carbons (Fsp3) is 0.0968. The van der Waals surface area contributed by atoms with Gasteiger partial charge < -0.3 is 24.3 Å². The number of amides is 2. The third-order valence-electron chi connectivity index (χ3n) is 5.99. The third kappa shape index (κ3) is 8.04. The van der Waals surface area contributed by atoms with Crippen molar-refractivity contribution in [1.29, 1.82) is 0 Å². The van der Waals surface area contributed by atoms with Crippen molar-refractivity contribution < 1.29 is 33.3 Å². The molecule has 0 spiro atoms. The lowest BCUT2D eigenvalue weighted by atomic mass is 10.1. The summed E-state index contributed by atoms with van der Waals surface area (Å²) < 4.78 is 23.7. The van der Waals surface area contributed by atoms with Crippen molar-refractivity contribution in [2.24, 2.45) is 5.10 Å². The van der Waals surface area contributed by atoms with Crippen LogP contribution in [-0.4, -0.2) is 45.3 Å². The van der Waals surface area contributed by atoms with Crippen LogP contribution in [0.2, 0.25) is 0 Å². The van der Waals surface area contributed by atoms with Gasteiger partial charge in [-0.1, -0.05) is 37.9 Å². The number of nitrogens with one attached hydrogen (secondary N) is 2. The van der Waals surface area contributed by atoms with Crippen LogP contribution in [0.4, 0.5) is 5.69 Å². The summed E-state index contributed by atoms with van der Waals surface area (Å²) in [5.74, 6) is -0.480. The maximum absolute atomic E-state index is 13.2. The smallest absolute Gasteiger partial charge is 0.343 e. The number of rotatable bonds is 10. The van der Waals surface area contributed by atoms with E-state index in [1.807, 2.05) is 0 Å². The molecule has 0 unspecified atom stereocenters. The molecule has 4 aromatic rings.